The van der Waals surface area contributed by atoms with Gasteiger partial charge in [0, 0.05) is 0 Å². The second-order valence-corrected chi connectivity index (χ2v) is 19.1. The molecule has 0 unspecified atom stereocenters. The van der Waals surface area contributed by atoms with Crippen LogP contribution in [0, 0.1) is 0 Å². The summed E-state index contributed by atoms with van der Waals surface area (Å²) in [4.78, 5) is 0.446. The zero-order valence-electron chi connectivity index (χ0n) is 22.0. The first-order chi connectivity index (χ1) is 20.2. The Morgan fingerprint density at radius 2 is 0.762 bits per heavy atom. The average molecular weight is 723 g/mol. The Labute approximate surface area is 256 Å². The molecule has 0 bridgehead atoms. The molecule has 0 amide bonds. The van der Waals surface area contributed by atoms with Gasteiger partial charge in [-0.3, -0.25) is 0 Å². The van der Waals surface area contributed by atoms with Crippen LogP contribution in [0.15, 0.2) is 143 Å². The first-order valence-electron chi connectivity index (χ1n) is 12.8. The fourth-order valence-corrected chi connectivity index (χ4v) is 12.5. The molecule has 0 aromatic heterocycles. The van der Waals surface area contributed by atoms with Gasteiger partial charge in [0.05, 0.1) is 0 Å². The van der Waals surface area contributed by atoms with Crippen LogP contribution >= 0.6 is 0 Å². The van der Waals surface area contributed by atoms with Gasteiger partial charge in [0.25, 0.3) is 0 Å². The van der Waals surface area contributed by atoms with Gasteiger partial charge in [-0.2, -0.15) is 0 Å². The maximum absolute atomic E-state index is 12.9. The van der Waals surface area contributed by atoms with E-state index in [2.05, 4.69) is 9.44 Å². The molecular formula is C32H24N2O4S2Se2. The molecule has 6 aromatic carbocycles. The van der Waals surface area contributed by atoms with E-state index in [1.807, 2.05) is 84.9 Å². The van der Waals surface area contributed by atoms with E-state index in [0.29, 0.717) is 11.4 Å². The van der Waals surface area contributed by atoms with Crippen molar-refractivity contribution in [2.45, 2.75) is 9.79 Å². The van der Waals surface area contributed by atoms with Crippen LogP contribution in [-0.2, 0) is 20.0 Å². The van der Waals surface area contributed by atoms with Crippen LogP contribution in [0.4, 0.5) is 11.4 Å². The van der Waals surface area contributed by atoms with Crippen LogP contribution in [0.1, 0.15) is 0 Å². The molecule has 0 atom stereocenters. The van der Waals surface area contributed by atoms with Crippen LogP contribution in [0.25, 0.3) is 21.5 Å². The van der Waals surface area contributed by atoms with Gasteiger partial charge in [0.15, 0.2) is 0 Å². The molecule has 210 valence electrons. The van der Waals surface area contributed by atoms with Crippen molar-refractivity contribution >= 4 is 88.2 Å². The summed E-state index contributed by atoms with van der Waals surface area (Å²) in [7, 11) is -7.42. The quantitative estimate of drug-likeness (QED) is 0.209. The zero-order chi connectivity index (χ0) is 29.2. The Balaban J connectivity index is 1.06. The molecule has 2 N–H and O–H groups in total. The SMILES string of the molecule is O=S(=O)(Nc1ccc([Se][Se]c2ccc(NS(=O)(=O)c3ccc4ccccc4c3)cc2)cc1)c1ccc2ccccc2c1. The molecule has 0 fully saturated rings. The van der Waals surface area contributed by atoms with Crippen molar-refractivity contribution in [3.05, 3.63) is 133 Å². The van der Waals surface area contributed by atoms with Crippen molar-refractivity contribution in [2.24, 2.45) is 0 Å². The van der Waals surface area contributed by atoms with Gasteiger partial charge in [0.2, 0.25) is 0 Å². The van der Waals surface area contributed by atoms with Gasteiger partial charge in [-0.1, -0.05) is 0 Å². The molecule has 0 spiro atoms. The van der Waals surface area contributed by atoms with Crippen molar-refractivity contribution in [3.8, 4) is 0 Å². The summed E-state index contributed by atoms with van der Waals surface area (Å²) < 4.78 is 59.4. The third-order valence-electron chi connectivity index (χ3n) is 6.51. The van der Waals surface area contributed by atoms with E-state index in [1.165, 1.54) is 0 Å². The topological polar surface area (TPSA) is 92.3 Å². The fourth-order valence-electron chi connectivity index (χ4n) is 4.35. The van der Waals surface area contributed by atoms with Crippen LogP contribution in [0.5, 0.6) is 0 Å². The van der Waals surface area contributed by atoms with Crippen molar-refractivity contribution in [1.29, 1.82) is 0 Å². The Hall–Kier alpha value is -3.62. The number of fused-ring (bicyclic) bond motifs is 2. The van der Waals surface area contributed by atoms with Crippen molar-refractivity contribution < 1.29 is 16.8 Å². The van der Waals surface area contributed by atoms with Crippen molar-refractivity contribution in [3.63, 3.8) is 0 Å². The second kappa shape index (κ2) is 11.9. The fraction of sp³-hybridized carbons (Fsp3) is 0. The molecule has 0 aliphatic rings. The maximum atomic E-state index is 12.9. The normalized spacial score (nSPS) is 11.9. The van der Waals surface area contributed by atoms with Gasteiger partial charge >= 0.3 is 258 Å². The second-order valence-electron chi connectivity index (χ2n) is 9.44. The summed E-state index contributed by atoms with van der Waals surface area (Å²) in [5.74, 6) is 0. The van der Waals surface area contributed by atoms with Gasteiger partial charge in [-0.05, 0) is 0 Å². The first-order valence-corrected chi connectivity index (χ1v) is 21.8. The average Bonchev–Trinajstić information content (AvgIpc) is 3.00. The summed E-state index contributed by atoms with van der Waals surface area (Å²) in [6.45, 7) is 0. The minimum absolute atomic E-state index is 0.175. The molecule has 0 heterocycles. The Morgan fingerprint density at radius 1 is 0.405 bits per heavy atom. The third-order valence-corrected chi connectivity index (χ3v) is 16.5. The predicted molar refractivity (Wildman–Crippen MR) is 173 cm³/mol. The van der Waals surface area contributed by atoms with Crippen molar-refractivity contribution in [1.82, 2.24) is 0 Å². The van der Waals surface area contributed by atoms with E-state index in [9.17, 15) is 16.8 Å². The number of anilines is 2. The predicted octanol–water partition coefficient (Wildman–Crippen LogP) is 4.87. The van der Waals surface area contributed by atoms with Gasteiger partial charge < -0.3 is 0 Å². The molecule has 10 heteroatoms. The number of rotatable bonds is 9. The standard InChI is InChI=1S/C32H24N2O4S2Se2/c35-39(36,29-15-9-23-5-1-3-7-25(23)21-29)33-27-11-17-31(18-12-27)41-42-32-19-13-28(14-20-32)34-40(37,38)30-16-10-24-6-2-4-8-26(24)22-30/h1-22,33-34H. The Bertz CT molecular complexity index is 1960. The molecule has 0 saturated heterocycles. The number of benzene rings is 6. The molecule has 6 nitrogen and oxygen atoms in total. The van der Waals surface area contributed by atoms with E-state index in [-0.39, 0.29) is 36.1 Å². The third kappa shape index (κ3) is 6.55. The van der Waals surface area contributed by atoms with Crippen LogP contribution in [-0.4, -0.2) is 43.1 Å². The Kier molecular flexibility index (Phi) is 8.10. The number of hydrogen-bond donors (Lipinski definition) is 2. The summed E-state index contributed by atoms with van der Waals surface area (Å²) in [6.07, 6.45) is 0. The van der Waals surface area contributed by atoms with Gasteiger partial charge in [-0.15, -0.1) is 0 Å². The van der Waals surface area contributed by atoms with E-state index >= 15 is 0 Å². The monoisotopic (exact) mass is 724 g/mol. The van der Waals surface area contributed by atoms with Crippen LogP contribution in [0.2, 0.25) is 0 Å². The number of hydrogen-bond acceptors (Lipinski definition) is 4. The Morgan fingerprint density at radius 3 is 1.14 bits per heavy atom. The molecule has 0 radical (unpaired) electrons. The summed E-state index contributed by atoms with van der Waals surface area (Å²) >= 11 is 0.351. The van der Waals surface area contributed by atoms with E-state index in [0.717, 1.165) is 30.5 Å². The van der Waals surface area contributed by atoms with Gasteiger partial charge in [-0.25, -0.2) is 0 Å². The van der Waals surface area contributed by atoms with Gasteiger partial charge in [0.1, 0.15) is 0 Å². The zero-order valence-corrected chi connectivity index (χ0v) is 27.0. The number of nitrogens with one attached hydrogen (secondary N) is 2. The summed E-state index contributed by atoms with van der Waals surface area (Å²) in [5, 5.41) is 3.72. The molecule has 6 rings (SSSR count). The minimum atomic E-state index is -3.71. The first kappa shape index (κ1) is 28.5. The molecule has 42 heavy (non-hydrogen) atoms. The van der Waals surface area contributed by atoms with Crippen LogP contribution < -0.4 is 18.4 Å². The molecule has 0 aliphatic carbocycles. The molecular weight excluding hydrogens is 698 g/mol. The number of sulfonamides is 2. The van der Waals surface area contributed by atoms with E-state index in [1.54, 1.807) is 48.5 Å². The van der Waals surface area contributed by atoms with E-state index in [4.69, 9.17) is 0 Å². The molecule has 0 saturated carbocycles. The van der Waals surface area contributed by atoms with Crippen molar-refractivity contribution in [2.75, 3.05) is 9.44 Å². The van der Waals surface area contributed by atoms with E-state index < -0.39 is 20.0 Å². The molecule has 0 aliphatic heterocycles. The van der Waals surface area contributed by atoms with Crippen LogP contribution in [0.3, 0.4) is 0 Å². The summed E-state index contributed by atoms with van der Waals surface area (Å²) in [5.41, 5.74) is 1.02. The summed E-state index contributed by atoms with van der Waals surface area (Å²) in [6, 6.07) is 40.5. The molecule has 6 aromatic rings.